The van der Waals surface area contributed by atoms with Crippen LogP contribution in [0, 0.1) is 12.7 Å². The van der Waals surface area contributed by atoms with Crippen LogP contribution in [0.25, 0.3) is 0 Å². The molecule has 3 aromatic rings. The molecular weight excluding hydrogens is 363 g/mol. The van der Waals surface area contributed by atoms with Gasteiger partial charge < -0.3 is 10.6 Å². The molecule has 0 saturated heterocycles. The molecule has 3 N–H and O–H groups in total. The second-order valence-corrected chi connectivity index (χ2v) is 6.82. The lowest BCUT2D eigenvalue weighted by molar-refractivity contribution is -0.676. The number of carbonyl (C=O) groups is 1. The molecule has 138 valence electrons. The van der Waals surface area contributed by atoms with Crippen molar-refractivity contribution in [2.24, 2.45) is 0 Å². The van der Waals surface area contributed by atoms with Crippen molar-refractivity contribution in [3.05, 3.63) is 100 Å². The molecule has 0 radical (unpaired) electrons. The average molecular weight is 384 g/mol. The van der Waals surface area contributed by atoms with Crippen LogP contribution in [0.3, 0.4) is 0 Å². The normalized spacial score (nSPS) is 11.8. The predicted molar refractivity (Wildman–Crippen MR) is 106 cm³/mol. The molecule has 5 heteroatoms. The molecule has 0 fully saturated rings. The highest BCUT2D eigenvalue weighted by Crippen LogP contribution is 2.22. The summed E-state index contributed by atoms with van der Waals surface area (Å²) in [5, 5.41) is 4.90. The third-order valence-corrected chi connectivity index (χ3v) is 4.65. The minimum absolute atomic E-state index is 0.00115. The fourth-order valence-corrected chi connectivity index (χ4v) is 3.13. The van der Waals surface area contributed by atoms with Crippen LogP contribution in [-0.2, 0) is 4.79 Å². The predicted octanol–water partition coefficient (Wildman–Crippen LogP) is 4.08. The van der Waals surface area contributed by atoms with Gasteiger partial charge in [-0.1, -0.05) is 71.8 Å². The molecule has 0 aromatic heterocycles. The smallest absolute Gasteiger partial charge is 0.279 e. The van der Waals surface area contributed by atoms with Gasteiger partial charge in [-0.2, -0.15) is 0 Å². The Kier molecular flexibility index (Phi) is 6.22. The van der Waals surface area contributed by atoms with Crippen LogP contribution in [-0.4, -0.2) is 12.5 Å². The van der Waals surface area contributed by atoms with Gasteiger partial charge in [-0.15, -0.1) is 0 Å². The zero-order valence-corrected chi connectivity index (χ0v) is 15.7. The highest BCUT2D eigenvalue weighted by Gasteiger charge is 2.19. The number of hydrogen-bond donors (Lipinski definition) is 2. The van der Waals surface area contributed by atoms with Crippen molar-refractivity contribution in [1.29, 1.82) is 0 Å². The fourth-order valence-electron chi connectivity index (χ4n) is 2.92. The first-order valence-electron chi connectivity index (χ1n) is 8.72. The minimum Gasteiger partial charge on any atom is -0.328 e. The second-order valence-electron chi connectivity index (χ2n) is 6.41. The Bertz CT molecular complexity index is 913. The Morgan fingerprint density at radius 1 is 1.04 bits per heavy atom. The molecule has 0 aliphatic heterocycles. The van der Waals surface area contributed by atoms with Gasteiger partial charge in [0, 0.05) is 11.1 Å². The third-order valence-electron chi connectivity index (χ3n) is 4.34. The SMILES string of the molecule is Cc1ccc([C@H]([NH2+]CC(=O)Nc2ccc(F)cc2Cl)c2ccccc2)cc1. The average Bonchev–Trinajstić information content (AvgIpc) is 2.66. The summed E-state index contributed by atoms with van der Waals surface area (Å²) >= 11 is 5.98. The third kappa shape index (κ3) is 5.16. The Morgan fingerprint density at radius 2 is 1.70 bits per heavy atom. The van der Waals surface area contributed by atoms with Gasteiger partial charge in [-0.25, -0.2) is 4.39 Å². The van der Waals surface area contributed by atoms with Gasteiger partial charge in [0.25, 0.3) is 5.91 Å². The van der Waals surface area contributed by atoms with E-state index in [0.29, 0.717) is 5.69 Å². The van der Waals surface area contributed by atoms with Gasteiger partial charge in [-0.3, -0.25) is 4.79 Å². The molecule has 0 heterocycles. The molecule has 3 aromatic carbocycles. The molecule has 1 amide bonds. The van der Waals surface area contributed by atoms with Crippen molar-refractivity contribution in [1.82, 2.24) is 0 Å². The van der Waals surface area contributed by atoms with Crippen LogP contribution < -0.4 is 10.6 Å². The van der Waals surface area contributed by atoms with E-state index in [1.54, 1.807) is 0 Å². The first-order valence-corrected chi connectivity index (χ1v) is 9.10. The second kappa shape index (κ2) is 8.80. The maximum absolute atomic E-state index is 13.1. The van der Waals surface area contributed by atoms with Crippen molar-refractivity contribution in [2.45, 2.75) is 13.0 Å². The zero-order valence-electron chi connectivity index (χ0n) is 15.0. The lowest BCUT2D eigenvalue weighted by Crippen LogP contribution is -2.87. The van der Waals surface area contributed by atoms with Crippen molar-refractivity contribution >= 4 is 23.2 Å². The molecule has 3 nitrogen and oxygen atoms in total. The molecule has 0 unspecified atom stereocenters. The van der Waals surface area contributed by atoms with Crippen molar-refractivity contribution in [3.63, 3.8) is 0 Å². The van der Waals surface area contributed by atoms with E-state index in [1.807, 2.05) is 30.4 Å². The summed E-state index contributed by atoms with van der Waals surface area (Å²) in [7, 11) is 0. The monoisotopic (exact) mass is 383 g/mol. The number of anilines is 1. The first kappa shape index (κ1) is 19.1. The number of amides is 1. The standard InChI is InChI=1S/C22H20ClFN2O/c1-15-7-9-17(10-8-15)22(16-5-3-2-4-6-16)25-14-21(27)26-20-12-11-18(24)13-19(20)23/h2-13,22,25H,14H2,1H3,(H,26,27)/p+1/t22-/m1/s1. The minimum atomic E-state index is -0.437. The Morgan fingerprint density at radius 3 is 2.37 bits per heavy atom. The van der Waals surface area contributed by atoms with Gasteiger partial charge in [0.1, 0.15) is 11.9 Å². The van der Waals surface area contributed by atoms with Crippen molar-refractivity contribution in [2.75, 3.05) is 11.9 Å². The van der Waals surface area contributed by atoms with Crippen molar-refractivity contribution < 1.29 is 14.5 Å². The number of benzene rings is 3. The highest BCUT2D eigenvalue weighted by molar-refractivity contribution is 6.33. The molecule has 0 spiro atoms. The molecule has 1 atom stereocenters. The molecule has 27 heavy (non-hydrogen) atoms. The number of nitrogens with one attached hydrogen (secondary N) is 1. The van der Waals surface area contributed by atoms with Crippen LogP contribution in [0.5, 0.6) is 0 Å². The topological polar surface area (TPSA) is 45.7 Å². The molecule has 3 rings (SSSR count). The molecule has 0 saturated carbocycles. The summed E-state index contributed by atoms with van der Waals surface area (Å²) in [4.78, 5) is 12.4. The van der Waals surface area contributed by atoms with E-state index < -0.39 is 5.82 Å². The summed E-state index contributed by atoms with van der Waals surface area (Å²) in [5.41, 5.74) is 3.84. The highest BCUT2D eigenvalue weighted by atomic mass is 35.5. The summed E-state index contributed by atoms with van der Waals surface area (Å²) < 4.78 is 13.1. The van der Waals surface area contributed by atoms with Gasteiger partial charge in [0.05, 0.1) is 10.7 Å². The lowest BCUT2D eigenvalue weighted by Gasteiger charge is -2.17. The van der Waals surface area contributed by atoms with E-state index in [1.165, 1.54) is 23.8 Å². The summed E-state index contributed by atoms with van der Waals surface area (Å²) in [6, 6.07) is 22.3. The fraction of sp³-hybridized carbons (Fsp3) is 0.136. The Hall–Kier alpha value is -2.69. The maximum atomic E-state index is 13.1. The summed E-state index contributed by atoms with van der Waals surface area (Å²) in [6.07, 6.45) is 0. The zero-order chi connectivity index (χ0) is 19.2. The lowest BCUT2D eigenvalue weighted by atomic mass is 9.98. The number of nitrogens with two attached hydrogens (primary N) is 1. The van der Waals surface area contributed by atoms with E-state index in [-0.39, 0.29) is 23.5 Å². The van der Waals surface area contributed by atoms with Crippen LogP contribution in [0.15, 0.2) is 72.8 Å². The van der Waals surface area contributed by atoms with Gasteiger partial charge in [0.2, 0.25) is 0 Å². The Balaban J connectivity index is 1.72. The molecular formula is C22H21ClFN2O+. The first-order chi connectivity index (χ1) is 13.0. The van der Waals surface area contributed by atoms with E-state index >= 15 is 0 Å². The van der Waals surface area contributed by atoms with E-state index in [9.17, 15) is 9.18 Å². The van der Waals surface area contributed by atoms with Gasteiger partial charge >= 0.3 is 0 Å². The van der Waals surface area contributed by atoms with E-state index in [2.05, 4.69) is 41.7 Å². The number of hydrogen-bond acceptors (Lipinski definition) is 1. The van der Waals surface area contributed by atoms with Crippen LogP contribution in [0.2, 0.25) is 5.02 Å². The van der Waals surface area contributed by atoms with Crippen LogP contribution in [0.1, 0.15) is 22.7 Å². The van der Waals surface area contributed by atoms with E-state index in [4.69, 9.17) is 11.6 Å². The van der Waals surface area contributed by atoms with E-state index in [0.717, 1.165) is 11.1 Å². The number of rotatable bonds is 6. The largest absolute Gasteiger partial charge is 0.328 e. The van der Waals surface area contributed by atoms with Crippen LogP contribution >= 0.6 is 11.6 Å². The number of aryl methyl sites for hydroxylation is 1. The maximum Gasteiger partial charge on any atom is 0.279 e. The molecule has 0 aliphatic rings. The molecule has 0 bridgehead atoms. The van der Waals surface area contributed by atoms with Crippen LogP contribution in [0.4, 0.5) is 10.1 Å². The van der Waals surface area contributed by atoms with Crippen molar-refractivity contribution in [3.8, 4) is 0 Å². The quantitative estimate of drug-likeness (QED) is 0.662. The summed E-state index contributed by atoms with van der Waals surface area (Å²) in [5.74, 6) is -0.635. The van der Waals surface area contributed by atoms with Gasteiger partial charge in [-0.05, 0) is 25.1 Å². The number of carbonyl (C=O) groups excluding carboxylic acids is 1. The Labute approximate surface area is 163 Å². The number of quaternary nitrogens is 1. The van der Waals surface area contributed by atoms with Gasteiger partial charge in [0.15, 0.2) is 6.54 Å². The number of halogens is 2. The molecule has 0 aliphatic carbocycles. The summed E-state index contributed by atoms with van der Waals surface area (Å²) in [6.45, 7) is 2.26.